The molecule has 5 N–H and O–H groups in total. The van der Waals surface area contributed by atoms with Crippen molar-refractivity contribution in [2.24, 2.45) is 0 Å². The first-order valence-electron chi connectivity index (χ1n) is 2.30. The summed E-state index contributed by atoms with van der Waals surface area (Å²) in [7, 11) is 0. The minimum absolute atomic E-state index is 0.0301. The fourth-order valence-electron chi connectivity index (χ4n) is 0.424. The second kappa shape index (κ2) is 1.77. The Kier molecular flexibility index (Phi) is 1.11. The molecule has 0 aromatic carbocycles. The van der Waals surface area contributed by atoms with E-state index in [1.165, 1.54) is 6.33 Å². The van der Waals surface area contributed by atoms with Gasteiger partial charge in [-0.1, -0.05) is 0 Å². The molecule has 0 fully saturated rings. The lowest BCUT2D eigenvalue weighted by atomic mass is 10.7. The zero-order chi connectivity index (χ0) is 6.85. The van der Waals surface area contributed by atoms with Crippen molar-refractivity contribution in [1.29, 1.82) is 0 Å². The first-order chi connectivity index (χ1) is 4.22. The predicted octanol–water partition coefficient (Wildman–Crippen LogP) is -1.07. The van der Waals surface area contributed by atoms with Crippen molar-refractivity contribution in [3.8, 4) is 0 Å². The highest BCUT2D eigenvalue weighted by Crippen LogP contribution is 1.98. The van der Waals surface area contributed by atoms with Crippen LogP contribution in [-0.4, -0.2) is 9.97 Å². The van der Waals surface area contributed by atoms with E-state index in [1.807, 2.05) is 0 Å². The fourth-order valence-corrected chi connectivity index (χ4v) is 0.424. The predicted molar refractivity (Wildman–Crippen MR) is 33.7 cm³/mol. The highest BCUT2D eigenvalue weighted by molar-refractivity contribution is 5.55. The van der Waals surface area contributed by atoms with Crippen LogP contribution >= 0.6 is 0 Å². The Morgan fingerprint density at radius 1 is 1.56 bits per heavy atom. The van der Waals surface area contributed by atoms with Gasteiger partial charge in [-0.3, -0.25) is 4.79 Å². The van der Waals surface area contributed by atoms with Gasteiger partial charge in [0.15, 0.2) is 5.82 Å². The Labute approximate surface area is 50.7 Å². The van der Waals surface area contributed by atoms with Crippen LogP contribution in [0, 0.1) is 0 Å². The molecule has 5 heteroatoms. The van der Waals surface area contributed by atoms with E-state index >= 15 is 0 Å². The molecule has 9 heavy (non-hydrogen) atoms. The molecule has 0 radical (unpaired) electrons. The lowest BCUT2D eigenvalue weighted by Crippen LogP contribution is -2.14. The zero-order valence-electron chi connectivity index (χ0n) is 4.59. The fraction of sp³-hybridized carbons (Fsp3) is 0. The van der Waals surface area contributed by atoms with Gasteiger partial charge in [-0.05, 0) is 0 Å². The van der Waals surface area contributed by atoms with Crippen LogP contribution in [0.1, 0.15) is 0 Å². The lowest BCUT2D eigenvalue weighted by Gasteiger charge is -1.92. The van der Waals surface area contributed by atoms with Gasteiger partial charge >= 0.3 is 0 Å². The summed E-state index contributed by atoms with van der Waals surface area (Å²) in [5.74, 6) is 0.0683. The van der Waals surface area contributed by atoms with Crippen molar-refractivity contribution in [1.82, 2.24) is 9.97 Å². The molecular formula is C4H6N4O. The van der Waals surface area contributed by atoms with Gasteiger partial charge < -0.3 is 16.5 Å². The maximum absolute atomic E-state index is 10.5. The van der Waals surface area contributed by atoms with Crippen molar-refractivity contribution in [3.63, 3.8) is 0 Å². The SMILES string of the molecule is N[13c]1nc[nH]c(=O)c1[15NH2]. The van der Waals surface area contributed by atoms with E-state index < -0.39 is 5.56 Å². The molecule has 0 aliphatic heterocycles. The Bertz CT molecular complexity index is 266. The van der Waals surface area contributed by atoms with Gasteiger partial charge in [0.2, 0.25) is 0 Å². The monoisotopic (exact) mass is 128 g/mol. The minimum atomic E-state index is -0.400. The molecule has 1 aromatic heterocycles. The molecule has 1 aromatic rings. The lowest BCUT2D eigenvalue weighted by molar-refractivity contribution is 1.13. The molecule has 0 bridgehead atoms. The molecular weight excluding hydrogens is 122 g/mol. The number of rotatable bonds is 0. The van der Waals surface area contributed by atoms with Crippen LogP contribution in [0.25, 0.3) is 0 Å². The van der Waals surface area contributed by atoms with Gasteiger partial charge in [-0.2, -0.15) is 0 Å². The van der Waals surface area contributed by atoms with Crippen LogP contribution in [0.5, 0.6) is 0 Å². The normalized spacial score (nSPS) is 9.33. The average Bonchev–Trinajstić information content (AvgIpc) is 1.83. The van der Waals surface area contributed by atoms with Crippen molar-refractivity contribution in [3.05, 3.63) is 16.7 Å². The molecule has 5 nitrogen and oxygen atoms in total. The third-order valence-corrected chi connectivity index (χ3v) is 0.920. The standard InChI is InChI=1S/C4H6N4O/c5-2-3(6)7-1-8-4(2)9/h1H,5H2,(H3,6,7,8,9)/i3+1,5+1. The summed E-state index contributed by atoms with van der Waals surface area (Å²) in [5, 5.41) is 0. The van der Waals surface area contributed by atoms with E-state index in [-0.39, 0.29) is 11.5 Å². The summed E-state index contributed by atoms with van der Waals surface area (Å²) in [6.07, 6.45) is 1.20. The molecule has 0 saturated heterocycles. The van der Waals surface area contributed by atoms with E-state index in [1.54, 1.807) is 0 Å². The van der Waals surface area contributed by atoms with Crippen LogP contribution < -0.4 is 17.0 Å². The summed E-state index contributed by atoms with van der Waals surface area (Å²) >= 11 is 0. The van der Waals surface area contributed by atoms with Crippen LogP contribution in [0.3, 0.4) is 0 Å². The largest absolute Gasteiger partial charge is 0.391 e. The molecule has 0 aliphatic carbocycles. The van der Waals surface area contributed by atoms with Crippen LogP contribution in [-0.2, 0) is 0 Å². The number of nitrogens with two attached hydrogens (primary N) is 2. The molecule has 0 spiro atoms. The molecule has 0 unspecified atom stereocenters. The van der Waals surface area contributed by atoms with Gasteiger partial charge in [-0.25, -0.2) is 4.98 Å². The summed E-state index contributed by atoms with van der Waals surface area (Å²) in [5.41, 5.74) is 9.88. The number of anilines is 2. The van der Waals surface area contributed by atoms with Gasteiger partial charge in [0.25, 0.3) is 5.56 Å². The number of nitrogen functional groups attached to an aromatic ring is 2. The van der Waals surface area contributed by atoms with Crippen molar-refractivity contribution in [2.75, 3.05) is 11.5 Å². The average molecular weight is 128 g/mol. The molecule has 1 rings (SSSR count). The van der Waals surface area contributed by atoms with E-state index in [2.05, 4.69) is 9.97 Å². The smallest absolute Gasteiger partial charge is 0.276 e. The van der Waals surface area contributed by atoms with Gasteiger partial charge in [-0.15, -0.1) is 0 Å². The summed E-state index contributed by atoms with van der Waals surface area (Å²) in [6, 6.07) is 0. The Balaban J connectivity index is 3.43. The second-order valence-corrected chi connectivity index (χ2v) is 1.53. The van der Waals surface area contributed by atoms with Crippen LogP contribution in [0.15, 0.2) is 11.1 Å². The first-order valence-corrected chi connectivity index (χ1v) is 2.30. The van der Waals surface area contributed by atoms with Gasteiger partial charge in [0.05, 0.1) is 6.33 Å². The Morgan fingerprint density at radius 2 is 2.22 bits per heavy atom. The van der Waals surface area contributed by atoms with Crippen molar-refractivity contribution >= 4 is 11.5 Å². The highest BCUT2D eigenvalue weighted by Gasteiger charge is 1.96. The van der Waals surface area contributed by atoms with E-state index in [4.69, 9.17) is 11.5 Å². The summed E-state index contributed by atoms with van der Waals surface area (Å²) in [4.78, 5) is 16.3. The molecule has 0 saturated carbocycles. The maximum atomic E-state index is 10.5. The van der Waals surface area contributed by atoms with E-state index in [0.29, 0.717) is 0 Å². The minimum Gasteiger partial charge on any atom is -0.391 e. The molecule has 0 aliphatic rings. The molecule has 48 valence electrons. The molecule has 0 amide bonds. The quantitative estimate of drug-likeness (QED) is 0.387. The van der Waals surface area contributed by atoms with E-state index in [9.17, 15) is 4.79 Å². The van der Waals surface area contributed by atoms with Gasteiger partial charge in [0.1, 0.15) is 5.69 Å². The number of aromatic amines is 1. The molecule has 1 heterocycles. The summed E-state index contributed by atoms with van der Waals surface area (Å²) in [6.45, 7) is 0. The van der Waals surface area contributed by atoms with Crippen molar-refractivity contribution < 1.29 is 0 Å². The number of hydrogen-bond acceptors (Lipinski definition) is 4. The van der Waals surface area contributed by atoms with E-state index in [0.717, 1.165) is 0 Å². The second-order valence-electron chi connectivity index (χ2n) is 1.53. The maximum Gasteiger partial charge on any atom is 0.276 e. The van der Waals surface area contributed by atoms with Gasteiger partial charge in [0, 0.05) is 0 Å². The Hall–Kier alpha value is -1.52. The number of nitrogens with zero attached hydrogens (tertiary/aromatic N) is 1. The Morgan fingerprint density at radius 3 is 2.67 bits per heavy atom. The number of aromatic nitrogens is 2. The molecule has 0 atom stereocenters. The van der Waals surface area contributed by atoms with Crippen molar-refractivity contribution in [2.45, 2.75) is 0 Å². The number of H-pyrrole nitrogens is 1. The van der Waals surface area contributed by atoms with Crippen LogP contribution in [0.2, 0.25) is 0 Å². The van der Waals surface area contributed by atoms with Crippen LogP contribution in [0.4, 0.5) is 11.5 Å². The zero-order valence-corrected chi connectivity index (χ0v) is 4.59. The highest BCUT2D eigenvalue weighted by atomic mass is 16.1. The number of hydrogen-bond donors (Lipinski definition) is 3. The number of nitrogens with one attached hydrogen (secondary N) is 1. The summed E-state index contributed by atoms with van der Waals surface area (Å²) < 4.78 is 0. The first kappa shape index (κ1) is 5.61. The topological polar surface area (TPSA) is 97.8 Å². The third-order valence-electron chi connectivity index (χ3n) is 0.920. The third kappa shape index (κ3) is 0.835.